The monoisotopic (exact) mass is 435 g/mol. The molecule has 0 spiro atoms. The maximum Gasteiger partial charge on any atom is 0.316 e. The molecule has 6 heteroatoms. The normalized spacial score (nSPS) is 11.8. The van der Waals surface area contributed by atoms with Crippen LogP contribution in [0.2, 0.25) is 0 Å². The lowest BCUT2D eigenvalue weighted by atomic mass is 9.97. The van der Waals surface area contributed by atoms with E-state index in [2.05, 4.69) is 5.32 Å². The number of amides is 1. The standard InChI is InChI=1S/C26H33N3O3/c1-17-11-10-14-20(18(17)2)29-21-13-9-8-12-19(21)23(32-25(31)26(3,4)5)22(29)24(30)27-15-16-28(6)7/h8-14H,15-16H2,1-7H3,(H,27,30). The second-order valence-electron chi connectivity index (χ2n) is 9.45. The van der Waals surface area contributed by atoms with Gasteiger partial charge in [0, 0.05) is 24.2 Å². The summed E-state index contributed by atoms with van der Waals surface area (Å²) in [6.45, 7) is 10.7. The molecule has 170 valence electrons. The first-order valence-corrected chi connectivity index (χ1v) is 10.9. The maximum atomic E-state index is 13.5. The molecule has 6 nitrogen and oxygen atoms in total. The molecule has 0 saturated carbocycles. The SMILES string of the molecule is Cc1cccc(-n2c(C(=O)NCCN(C)C)c(OC(=O)C(C)(C)C)c3ccccc32)c1C. The van der Waals surface area contributed by atoms with Crippen LogP contribution in [0.25, 0.3) is 16.6 Å². The third-order valence-electron chi connectivity index (χ3n) is 5.51. The molecule has 0 unspecified atom stereocenters. The Hall–Kier alpha value is -3.12. The summed E-state index contributed by atoms with van der Waals surface area (Å²) in [6, 6.07) is 13.6. The third-order valence-corrected chi connectivity index (χ3v) is 5.51. The number of nitrogens with one attached hydrogen (secondary N) is 1. The highest BCUT2D eigenvalue weighted by Gasteiger charge is 2.31. The van der Waals surface area contributed by atoms with Crippen LogP contribution < -0.4 is 10.1 Å². The fourth-order valence-electron chi connectivity index (χ4n) is 3.47. The zero-order chi connectivity index (χ0) is 23.6. The van der Waals surface area contributed by atoms with Crippen molar-refractivity contribution in [1.29, 1.82) is 0 Å². The number of carbonyl (C=O) groups is 2. The minimum atomic E-state index is -0.707. The van der Waals surface area contributed by atoms with Gasteiger partial charge in [-0.25, -0.2) is 0 Å². The summed E-state index contributed by atoms with van der Waals surface area (Å²) in [5, 5.41) is 3.72. The van der Waals surface area contributed by atoms with Crippen molar-refractivity contribution in [2.75, 3.05) is 27.2 Å². The Bertz CT molecular complexity index is 1150. The number of hydrogen-bond acceptors (Lipinski definition) is 4. The quantitative estimate of drug-likeness (QED) is 0.580. The molecule has 3 rings (SSSR count). The van der Waals surface area contributed by atoms with Crippen LogP contribution in [-0.4, -0.2) is 48.5 Å². The van der Waals surface area contributed by atoms with Gasteiger partial charge in [-0.05, 0) is 78.0 Å². The van der Waals surface area contributed by atoms with E-state index in [4.69, 9.17) is 4.74 Å². The number of hydrogen-bond donors (Lipinski definition) is 1. The maximum absolute atomic E-state index is 13.5. The molecule has 32 heavy (non-hydrogen) atoms. The third kappa shape index (κ3) is 4.70. The molecule has 1 N–H and O–H groups in total. The number of benzene rings is 2. The summed E-state index contributed by atoms with van der Waals surface area (Å²) in [5.74, 6) is -0.367. The molecule has 0 aliphatic heterocycles. The van der Waals surface area contributed by atoms with Crippen LogP contribution in [0.5, 0.6) is 5.75 Å². The molecule has 3 aromatic rings. The van der Waals surface area contributed by atoms with E-state index in [1.54, 1.807) is 20.8 Å². The minimum Gasteiger partial charge on any atom is -0.423 e. The first kappa shape index (κ1) is 23.5. The van der Waals surface area contributed by atoms with Crippen molar-refractivity contribution in [3.8, 4) is 11.4 Å². The highest BCUT2D eigenvalue weighted by atomic mass is 16.5. The zero-order valence-corrected chi connectivity index (χ0v) is 20.1. The van der Waals surface area contributed by atoms with Gasteiger partial charge in [-0.1, -0.05) is 24.3 Å². The van der Waals surface area contributed by atoms with Crippen molar-refractivity contribution in [2.45, 2.75) is 34.6 Å². The number of fused-ring (bicyclic) bond motifs is 1. The van der Waals surface area contributed by atoms with Gasteiger partial charge in [0.2, 0.25) is 0 Å². The first-order chi connectivity index (χ1) is 15.0. The topological polar surface area (TPSA) is 63.6 Å². The fourth-order valence-corrected chi connectivity index (χ4v) is 3.47. The van der Waals surface area contributed by atoms with E-state index in [1.165, 1.54) is 0 Å². The first-order valence-electron chi connectivity index (χ1n) is 10.9. The van der Waals surface area contributed by atoms with Gasteiger partial charge in [0.25, 0.3) is 5.91 Å². The minimum absolute atomic E-state index is 0.277. The van der Waals surface area contributed by atoms with Gasteiger partial charge in [-0.3, -0.25) is 9.59 Å². The van der Waals surface area contributed by atoms with Crippen molar-refractivity contribution in [3.63, 3.8) is 0 Å². The fraction of sp³-hybridized carbons (Fsp3) is 0.385. The van der Waals surface area contributed by atoms with Crippen LogP contribution >= 0.6 is 0 Å². The molecular formula is C26H33N3O3. The van der Waals surface area contributed by atoms with Crippen molar-refractivity contribution >= 4 is 22.8 Å². The predicted molar refractivity (Wildman–Crippen MR) is 129 cm³/mol. The molecule has 1 heterocycles. The molecule has 1 aromatic heterocycles. The van der Waals surface area contributed by atoms with E-state index in [0.29, 0.717) is 24.5 Å². The van der Waals surface area contributed by atoms with Gasteiger partial charge >= 0.3 is 5.97 Å². The van der Waals surface area contributed by atoms with Crippen molar-refractivity contribution in [2.24, 2.45) is 5.41 Å². The number of ether oxygens (including phenoxy) is 1. The Morgan fingerprint density at radius 3 is 2.38 bits per heavy atom. The Morgan fingerprint density at radius 2 is 1.72 bits per heavy atom. The average molecular weight is 436 g/mol. The molecule has 0 radical (unpaired) electrons. The van der Waals surface area contributed by atoms with Gasteiger partial charge in [-0.2, -0.15) is 0 Å². The number of carbonyl (C=O) groups excluding carboxylic acids is 2. The molecular weight excluding hydrogens is 402 g/mol. The lowest BCUT2D eigenvalue weighted by Gasteiger charge is -2.18. The van der Waals surface area contributed by atoms with Crippen LogP contribution in [0.4, 0.5) is 0 Å². The van der Waals surface area contributed by atoms with Crippen molar-refractivity contribution < 1.29 is 14.3 Å². The van der Waals surface area contributed by atoms with E-state index >= 15 is 0 Å². The van der Waals surface area contributed by atoms with E-state index in [1.807, 2.05) is 79.9 Å². The average Bonchev–Trinajstić information content (AvgIpc) is 3.03. The largest absolute Gasteiger partial charge is 0.423 e. The van der Waals surface area contributed by atoms with Crippen molar-refractivity contribution in [1.82, 2.24) is 14.8 Å². The smallest absolute Gasteiger partial charge is 0.316 e. The van der Waals surface area contributed by atoms with Crippen LogP contribution in [0, 0.1) is 19.3 Å². The van der Waals surface area contributed by atoms with Gasteiger partial charge in [0.05, 0.1) is 10.9 Å². The molecule has 0 bridgehead atoms. The predicted octanol–water partition coefficient (Wildman–Crippen LogP) is 4.49. The van der Waals surface area contributed by atoms with E-state index in [-0.39, 0.29) is 11.9 Å². The van der Waals surface area contributed by atoms with Crippen LogP contribution in [-0.2, 0) is 4.79 Å². The number of aryl methyl sites for hydroxylation is 1. The Balaban J connectivity index is 2.27. The summed E-state index contributed by atoms with van der Waals surface area (Å²) in [4.78, 5) is 28.4. The van der Waals surface area contributed by atoms with Gasteiger partial charge < -0.3 is 19.5 Å². The number of esters is 1. The van der Waals surface area contributed by atoms with Gasteiger partial charge in [-0.15, -0.1) is 0 Å². The summed E-state index contributed by atoms with van der Waals surface area (Å²) in [7, 11) is 3.91. The number of para-hydroxylation sites is 1. The highest BCUT2D eigenvalue weighted by Crippen LogP contribution is 2.38. The lowest BCUT2D eigenvalue weighted by molar-refractivity contribution is -0.142. The number of aromatic nitrogens is 1. The summed E-state index contributed by atoms with van der Waals surface area (Å²) < 4.78 is 7.82. The van der Waals surface area contributed by atoms with Crippen LogP contribution in [0.15, 0.2) is 42.5 Å². The summed E-state index contributed by atoms with van der Waals surface area (Å²) >= 11 is 0. The Morgan fingerprint density at radius 1 is 1.03 bits per heavy atom. The second-order valence-corrected chi connectivity index (χ2v) is 9.45. The van der Waals surface area contributed by atoms with Crippen LogP contribution in [0.3, 0.4) is 0 Å². The molecule has 1 amide bonds. The molecule has 0 aliphatic rings. The van der Waals surface area contributed by atoms with E-state index < -0.39 is 5.41 Å². The number of likely N-dealkylation sites (N-methyl/N-ethyl adjacent to an activating group) is 1. The molecule has 0 saturated heterocycles. The highest BCUT2D eigenvalue weighted by molar-refractivity contribution is 6.06. The Kier molecular flexibility index (Phi) is 6.74. The summed E-state index contributed by atoms with van der Waals surface area (Å²) in [6.07, 6.45) is 0. The molecule has 0 fully saturated rings. The Labute approximate surface area is 190 Å². The summed E-state index contributed by atoms with van der Waals surface area (Å²) in [5.41, 5.74) is 3.50. The lowest BCUT2D eigenvalue weighted by Crippen LogP contribution is -2.33. The molecule has 0 atom stereocenters. The molecule has 0 aliphatic carbocycles. The van der Waals surface area contributed by atoms with Gasteiger partial charge in [0.15, 0.2) is 11.4 Å². The van der Waals surface area contributed by atoms with Crippen molar-refractivity contribution in [3.05, 3.63) is 59.3 Å². The van der Waals surface area contributed by atoms with Gasteiger partial charge in [0.1, 0.15) is 0 Å². The molecule has 2 aromatic carbocycles. The van der Waals surface area contributed by atoms with Crippen LogP contribution in [0.1, 0.15) is 42.4 Å². The van der Waals surface area contributed by atoms with E-state index in [9.17, 15) is 9.59 Å². The zero-order valence-electron chi connectivity index (χ0n) is 20.1. The number of nitrogens with zero attached hydrogens (tertiary/aromatic N) is 2. The second kappa shape index (κ2) is 9.17. The van der Waals surface area contributed by atoms with E-state index in [0.717, 1.165) is 27.7 Å². The number of rotatable bonds is 6.